The molecule has 1 saturated heterocycles. The van der Waals surface area contributed by atoms with Gasteiger partial charge in [0.2, 0.25) is 5.95 Å². The number of oxime groups is 1. The molecule has 2 aromatic heterocycles. The summed E-state index contributed by atoms with van der Waals surface area (Å²) in [5, 5.41) is 12.7. The lowest BCUT2D eigenvalue weighted by Crippen LogP contribution is -2.47. The standard InChI is InChI=1S/C20H27N7O2/c1-24-10-4-16-17(23-29)5-11-26(19(28)18(16)24)9-3-8-25-12-14-27(15-13-25)20-21-6-2-7-22-20/h2,4,6-7,10,29H,3,5,8-9,11-15H2,1H3. The Morgan fingerprint density at radius 1 is 1.10 bits per heavy atom. The van der Waals surface area contributed by atoms with Crippen molar-refractivity contribution in [3.8, 4) is 0 Å². The van der Waals surface area contributed by atoms with Crippen LogP contribution in [-0.2, 0) is 7.05 Å². The average Bonchev–Trinajstić information content (AvgIpc) is 3.08. The Hall–Kier alpha value is -2.94. The highest BCUT2D eigenvalue weighted by Crippen LogP contribution is 2.20. The van der Waals surface area contributed by atoms with Crippen LogP contribution in [0.4, 0.5) is 5.95 Å². The van der Waals surface area contributed by atoms with Gasteiger partial charge >= 0.3 is 0 Å². The van der Waals surface area contributed by atoms with Gasteiger partial charge < -0.3 is 19.6 Å². The predicted molar refractivity (Wildman–Crippen MR) is 110 cm³/mol. The molecule has 0 bridgehead atoms. The third-order valence-corrected chi connectivity index (χ3v) is 5.72. The van der Waals surface area contributed by atoms with Gasteiger partial charge in [0.15, 0.2) is 0 Å². The van der Waals surface area contributed by atoms with E-state index in [1.807, 2.05) is 34.8 Å². The van der Waals surface area contributed by atoms with E-state index >= 15 is 0 Å². The maximum Gasteiger partial charge on any atom is 0.271 e. The quantitative estimate of drug-likeness (QED) is 0.599. The van der Waals surface area contributed by atoms with E-state index in [0.29, 0.717) is 30.9 Å². The number of aromatic nitrogens is 3. The van der Waals surface area contributed by atoms with Crippen molar-refractivity contribution in [3.63, 3.8) is 0 Å². The fourth-order valence-corrected chi connectivity index (χ4v) is 4.08. The van der Waals surface area contributed by atoms with Gasteiger partial charge in [0.1, 0.15) is 5.69 Å². The van der Waals surface area contributed by atoms with Gasteiger partial charge in [-0.3, -0.25) is 9.69 Å². The monoisotopic (exact) mass is 397 g/mol. The molecule has 4 rings (SSSR count). The Kier molecular flexibility index (Phi) is 5.75. The van der Waals surface area contributed by atoms with Crippen LogP contribution in [0.5, 0.6) is 0 Å². The Morgan fingerprint density at radius 3 is 2.59 bits per heavy atom. The van der Waals surface area contributed by atoms with E-state index < -0.39 is 0 Å². The SMILES string of the molecule is Cn1ccc2c1C(=O)N(CCCN1CCN(c3ncccn3)CC1)CCC2=NO. The number of rotatable bonds is 5. The Labute approximate surface area is 170 Å². The second-order valence-corrected chi connectivity index (χ2v) is 7.51. The van der Waals surface area contributed by atoms with Crippen molar-refractivity contribution >= 4 is 17.6 Å². The molecule has 1 amide bonds. The number of carbonyl (C=O) groups excluding carboxylic acids is 1. The summed E-state index contributed by atoms with van der Waals surface area (Å²) < 4.78 is 1.81. The van der Waals surface area contributed by atoms with Gasteiger partial charge in [0, 0.05) is 76.9 Å². The summed E-state index contributed by atoms with van der Waals surface area (Å²) >= 11 is 0. The Morgan fingerprint density at radius 2 is 1.86 bits per heavy atom. The van der Waals surface area contributed by atoms with E-state index in [1.54, 1.807) is 12.4 Å². The summed E-state index contributed by atoms with van der Waals surface area (Å²) in [5.41, 5.74) is 1.92. The van der Waals surface area contributed by atoms with Gasteiger partial charge in [-0.25, -0.2) is 9.97 Å². The minimum Gasteiger partial charge on any atom is -0.411 e. The lowest BCUT2D eigenvalue weighted by Gasteiger charge is -2.35. The van der Waals surface area contributed by atoms with Crippen LogP contribution in [0.2, 0.25) is 0 Å². The maximum absolute atomic E-state index is 13.0. The molecule has 154 valence electrons. The third kappa shape index (κ3) is 4.09. The van der Waals surface area contributed by atoms with Crippen molar-refractivity contribution in [3.05, 3.63) is 42.0 Å². The number of carbonyl (C=O) groups is 1. The van der Waals surface area contributed by atoms with Gasteiger partial charge in [0.25, 0.3) is 5.91 Å². The summed E-state index contributed by atoms with van der Waals surface area (Å²) in [5.74, 6) is 0.805. The first kappa shape index (κ1) is 19.4. The fourth-order valence-electron chi connectivity index (χ4n) is 4.08. The summed E-state index contributed by atoms with van der Waals surface area (Å²) in [4.78, 5) is 28.2. The predicted octanol–water partition coefficient (Wildman–Crippen LogP) is 1.05. The summed E-state index contributed by atoms with van der Waals surface area (Å²) in [6.45, 7) is 5.99. The normalized spacial score (nSPS) is 19.5. The number of amides is 1. The topological polar surface area (TPSA) is 90.1 Å². The van der Waals surface area contributed by atoms with Crippen molar-refractivity contribution in [2.45, 2.75) is 12.8 Å². The highest BCUT2D eigenvalue weighted by atomic mass is 16.4. The Balaban J connectivity index is 1.29. The number of anilines is 1. The summed E-state index contributed by atoms with van der Waals surface area (Å²) in [6, 6.07) is 3.68. The molecule has 2 aliphatic rings. The average molecular weight is 397 g/mol. The molecule has 2 aromatic rings. The molecule has 0 spiro atoms. The van der Waals surface area contributed by atoms with E-state index in [9.17, 15) is 10.0 Å². The van der Waals surface area contributed by atoms with Gasteiger partial charge in [-0.1, -0.05) is 5.16 Å². The molecule has 0 aromatic carbocycles. The zero-order valence-corrected chi connectivity index (χ0v) is 16.7. The molecule has 0 saturated carbocycles. The zero-order chi connectivity index (χ0) is 20.2. The van der Waals surface area contributed by atoms with Crippen LogP contribution in [0.3, 0.4) is 0 Å². The molecule has 29 heavy (non-hydrogen) atoms. The van der Waals surface area contributed by atoms with Crippen LogP contribution in [0.1, 0.15) is 28.9 Å². The molecule has 0 radical (unpaired) electrons. The number of aryl methyl sites for hydroxylation is 1. The minimum absolute atomic E-state index is 0.0113. The highest BCUT2D eigenvalue weighted by molar-refractivity contribution is 6.11. The van der Waals surface area contributed by atoms with Crippen molar-refractivity contribution < 1.29 is 10.0 Å². The van der Waals surface area contributed by atoms with E-state index in [4.69, 9.17) is 0 Å². The molecular formula is C20H27N7O2. The number of fused-ring (bicyclic) bond motifs is 1. The first-order valence-electron chi connectivity index (χ1n) is 10.1. The van der Waals surface area contributed by atoms with Crippen LogP contribution in [0, 0.1) is 0 Å². The van der Waals surface area contributed by atoms with Crippen LogP contribution < -0.4 is 4.90 Å². The van der Waals surface area contributed by atoms with Crippen molar-refractivity contribution in [1.29, 1.82) is 0 Å². The molecule has 2 aliphatic heterocycles. The lowest BCUT2D eigenvalue weighted by atomic mass is 10.1. The first-order chi connectivity index (χ1) is 14.2. The first-order valence-corrected chi connectivity index (χ1v) is 10.1. The number of nitrogens with zero attached hydrogens (tertiary/aromatic N) is 7. The molecule has 0 unspecified atom stereocenters. The number of piperazine rings is 1. The third-order valence-electron chi connectivity index (χ3n) is 5.72. The summed E-state index contributed by atoms with van der Waals surface area (Å²) in [6.07, 6.45) is 6.87. The molecule has 9 heteroatoms. The van der Waals surface area contributed by atoms with E-state index in [-0.39, 0.29) is 5.91 Å². The van der Waals surface area contributed by atoms with Crippen LogP contribution >= 0.6 is 0 Å². The number of hydrogen-bond donors (Lipinski definition) is 1. The van der Waals surface area contributed by atoms with Crippen molar-refractivity contribution in [2.24, 2.45) is 12.2 Å². The Bertz CT molecular complexity index is 872. The zero-order valence-electron chi connectivity index (χ0n) is 16.7. The van der Waals surface area contributed by atoms with Gasteiger partial charge in [-0.05, 0) is 25.1 Å². The number of hydrogen-bond acceptors (Lipinski definition) is 7. The minimum atomic E-state index is 0.0113. The van der Waals surface area contributed by atoms with Crippen LogP contribution in [0.25, 0.3) is 0 Å². The molecule has 0 aliphatic carbocycles. The van der Waals surface area contributed by atoms with Crippen molar-refractivity contribution in [2.75, 3.05) is 50.7 Å². The van der Waals surface area contributed by atoms with Gasteiger partial charge in [-0.2, -0.15) is 0 Å². The smallest absolute Gasteiger partial charge is 0.271 e. The largest absolute Gasteiger partial charge is 0.411 e. The van der Waals surface area contributed by atoms with Crippen LogP contribution in [0.15, 0.2) is 35.9 Å². The molecule has 4 heterocycles. The molecule has 1 fully saturated rings. The molecule has 1 N–H and O–H groups in total. The van der Waals surface area contributed by atoms with Crippen molar-refractivity contribution in [1.82, 2.24) is 24.3 Å². The van der Waals surface area contributed by atoms with Gasteiger partial charge in [-0.15, -0.1) is 0 Å². The van der Waals surface area contributed by atoms with E-state index in [1.165, 1.54) is 0 Å². The lowest BCUT2D eigenvalue weighted by molar-refractivity contribution is 0.0745. The molecular weight excluding hydrogens is 370 g/mol. The van der Waals surface area contributed by atoms with Crippen LogP contribution in [-0.4, -0.2) is 87.0 Å². The second kappa shape index (κ2) is 8.60. The van der Waals surface area contributed by atoms with Gasteiger partial charge in [0.05, 0.1) is 5.71 Å². The molecule has 9 nitrogen and oxygen atoms in total. The second-order valence-electron chi connectivity index (χ2n) is 7.51. The van der Waals surface area contributed by atoms with E-state index in [0.717, 1.165) is 50.7 Å². The highest BCUT2D eigenvalue weighted by Gasteiger charge is 2.28. The molecule has 0 atom stereocenters. The fraction of sp³-hybridized carbons (Fsp3) is 0.500. The maximum atomic E-state index is 13.0. The summed E-state index contributed by atoms with van der Waals surface area (Å²) in [7, 11) is 1.85. The van der Waals surface area contributed by atoms with E-state index in [2.05, 4.69) is 24.9 Å².